The van der Waals surface area contributed by atoms with Gasteiger partial charge in [-0.15, -0.1) is 0 Å². The van der Waals surface area contributed by atoms with Gasteiger partial charge in [0, 0.05) is 5.56 Å². The number of benzene rings is 1. The highest BCUT2D eigenvalue weighted by Crippen LogP contribution is 2.15. The van der Waals surface area contributed by atoms with Gasteiger partial charge < -0.3 is 4.74 Å². The summed E-state index contributed by atoms with van der Waals surface area (Å²) in [5, 5.41) is 0. The highest BCUT2D eigenvalue weighted by molar-refractivity contribution is 5.90. The maximum Gasteiger partial charge on any atom is 0.337 e. The van der Waals surface area contributed by atoms with E-state index in [9.17, 15) is 9.59 Å². The number of hydrogen-bond donors (Lipinski definition) is 0. The summed E-state index contributed by atoms with van der Waals surface area (Å²) in [4.78, 5) is 23.5. The van der Waals surface area contributed by atoms with Crippen molar-refractivity contribution >= 4 is 5.97 Å². The van der Waals surface area contributed by atoms with Gasteiger partial charge in [-0.3, -0.25) is 4.79 Å². The minimum absolute atomic E-state index is 0.128. The molecule has 3 heteroatoms. The van der Waals surface area contributed by atoms with Crippen molar-refractivity contribution in [2.45, 2.75) is 0 Å². The zero-order chi connectivity index (χ0) is 13.0. The van der Waals surface area contributed by atoms with Gasteiger partial charge in [-0.05, 0) is 23.8 Å². The molecule has 0 spiro atoms. The normalized spacial score (nSPS) is 9.83. The van der Waals surface area contributed by atoms with Crippen LogP contribution in [0.15, 0.2) is 59.4 Å². The van der Waals surface area contributed by atoms with Gasteiger partial charge in [0.2, 0.25) is 0 Å². The summed E-state index contributed by atoms with van der Waals surface area (Å²) in [6.45, 7) is 0. The third-order valence-corrected chi connectivity index (χ3v) is 2.59. The lowest BCUT2D eigenvalue weighted by atomic mass is 10.1. The van der Waals surface area contributed by atoms with E-state index in [1.807, 2.05) is 30.3 Å². The van der Waals surface area contributed by atoms with Crippen LogP contribution in [0, 0.1) is 0 Å². The fourth-order valence-corrected chi connectivity index (χ4v) is 1.69. The van der Waals surface area contributed by atoms with Crippen molar-refractivity contribution in [3.63, 3.8) is 0 Å². The quantitative estimate of drug-likeness (QED) is 0.757. The highest BCUT2D eigenvalue weighted by atomic mass is 16.5. The Hall–Kier alpha value is -2.42. The van der Waals surface area contributed by atoms with Crippen LogP contribution in [0.3, 0.4) is 0 Å². The zero-order valence-electron chi connectivity index (χ0n) is 9.92. The molecule has 0 amide bonds. The number of ether oxygens (including phenoxy) is 1. The van der Waals surface area contributed by atoms with Gasteiger partial charge in [0.25, 0.3) is 0 Å². The topological polar surface area (TPSA) is 43.4 Å². The lowest BCUT2D eigenvalue weighted by Gasteiger charge is -1.99. The van der Waals surface area contributed by atoms with E-state index in [0.717, 1.165) is 5.56 Å². The second kappa shape index (κ2) is 5.27. The third-order valence-electron chi connectivity index (χ3n) is 2.59. The van der Waals surface area contributed by atoms with Crippen molar-refractivity contribution in [3.8, 4) is 11.1 Å². The monoisotopic (exact) mass is 240 g/mol. The average Bonchev–Trinajstić information content (AvgIpc) is 2.61. The number of rotatable bonds is 2. The SMILES string of the molecule is COC(=O)c1cccc(=O)c(-c2ccccc2)c1. The first kappa shape index (κ1) is 12.0. The van der Waals surface area contributed by atoms with E-state index in [1.54, 1.807) is 18.2 Å². The third kappa shape index (κ3) is 2.46. The molecule has 0 saturated heterocycles. The summed E-state index contributed by atoms with van der Waals surface area (Å²) >= 11 is 0. The zero-order valence-corrected chi connectivity index (χ0v) is 9.92. The lowest BCUT2D eigenvalue weighted by Crippen LogP contribution is -2.02. The van der Waals surface area contributed by atoms with Crippen LogP contribution in [0.5, 0.6) is 0 Å². The number of carbonyl (C=O) groups excluding carboxylic acids is 1. The number of esters is 1. The van der Waals surface area contributed by atoms with E-state index in [2.05, 4.69) is 4.74 Å². The van der Waals surface area contributed by atoms with E-state index in [0.29, 0.717) is 11.1 Å². The minimum atomic E-state index is -0.456. The molecule has 2 rings (SSSR count). The Balaban J connectivity index is 2.64. The predicted octanol–water partition coefficient (Wildman–Crippen LogP) is 2.50. The number of carbonyl (C=O) groups is 1. The van der Waals surface area contributed by atoms with Gasteiger partial charge in [-0.2, -0.15) is 0 Å². The van der Waals surface area contributed by atoms with Gasteiger partial charge in [0.05, 0.1) is 12.7 Å². The fourth-order valence-electron chi connectivity index (χ4n) is 1.69. The Morgan fingerprint density at radius 1 is 1.00 bits per heavy atom. The van der Waals surface area contributed by atoms with Crippen LogP contribution in [-0.2, 0) is 4.74 Å². The maximum absolute atomic E-state index is 11.9. The van der Waals surface area contributed by atoms with Gasteiger partial charge in [-0.1, -0.05) is 36.4 Å². The van der Waals surface area contributed by atoms with E-state index >= 15 is 0 Å². The summed E-state index contributed by atoms with van der Waals surface area (Å²) in [6.07, 6.45) is 0. The summed E-state index contributed by atoms with van der Waals surface area (Å²) in [5.74, 6) is -0.456. The Labute approximate surface area is 105 Å². The molecule has 0 radical (unpaired) electrons. The van der Waals surface area contributed by atoms with Crippen molar-refractivity contribution < 1.29 is 9.53 Å². The average molecular weight is 240 g/mol. The molecule has 90 valence electrons. The van der Waals surface area contributed by atoms with E-state index in [4.69, 9.17) is 0 Å². The summed E-state index contributed by atoms with van der Waals surface area (Å²) in [7, 11) is 1.32. The molecule has 0 atom stereocenters. The van der Waals surface area contributed by atoms with Crippen molar-refractivity contribution in [1.82, 2.24) is 0 Å². The first-order valence-electron chi connectivity index (χ1n) is 5.50. The highest BCUT2D eigenvalue weighted by Gasteiger charge is 2.07. The van der Waals surface area contributed by atoms with Crippen LogP contribution in [0.4, 0.5) is 0 Å². The molecular weight excluding hydrogens is 228 g/mol. The molecule has 0 aliphatic carbocycles. The predicted molar refractivity (Wildman–Crippen MR) is 69.5 cm³/mol. The Morgan fingerprint density at radius 2 is 1.72 bits per heavy atom. The fraction of sp³-hybridized carbons (Fsp3) is 0.0667. The van der Waals surface area contributed by atoms with Crippen LogP contribution < -0.4 is 5.43 Å². The van der Waals surface area contributed by atoms with Crippen molar-refractivity contribution in [1.29, 1.82) is 0 Å². The van der Waals surface area contributed by atoms with Gasteiger partial charge in [0.15, 0.2) is 5.43 Å². The first-order valence-corrected chi connectivity index (χ1v) is 5.50. The molecule has 0 unspecified atom stereocenters. The molecule has 0 heterocycles. The Kier molecular flexibility index (Phi) is 3.53. The Bertz CT molecular complexity index is 618. The summed E-state index contributed by atoms with van der Waals surface area (Å²) in [6, 6.07) is 15.4. The molecule has 0 aliphatic heterocycles. The van der Waals surface area contributed by atoms with Gasteiger partial charge in [0.1, 0.15) is 0 Å². The molecular formula is C15H12O3. The van der Waals surface area contributed by atoms with Crippen molar-refractivity contribution in [2.24, 2.45) is 0 Å². The van der Waals surface area contributed by atoms with E-state index in [1.165, 1.54) is 13.2 Å². The largest absolute Gasteiger partial charge is 0.465 e. The van der Waals surface area contributed by atoms with Crippen LogP contribution in [0.2, 0.25) is 0 Å². The molecule has 2 aromatic rings. The molecule has 0 fully saturated rings. The van der Waals surface area contributed by atoms with Gasteiger partial charge >= 0.3 is 5.97 Å². The molecule has 3 nitrogen and oxygen atoms in total. The smallest absolute Gasteiger partial charge is 0.337 e. The summed E-state index contributed by atoms with van der Waals surface area (Å²) in [5.41, 5.74) is 1.50. The molecule has 2 aromatic carbocycles. The molecule has 0 saturated carbocycles. The molecule has 0 bridgehead atoms. The van der Waals surface area contributed by atoms with Crippen molar-refractivity contribution in [2.75, 3.05) is 7.11 Å². The standard InChI is InChI=1S/C15H12O3/c1-18-15(17)12-8-5-9-14(16)13(10-12)11-6-3-2-4-7-11/h2-10H,1H3. The van der Waals surface area contributed by atoms with E-state index in [-0.39, 0.29) is 5.43 Å². The van der Waals surface area contributed by atoms with Crippen LogP contribution >= 0.6 is 0 Å². The molecule has 0 aliphatic rings. The Morgan fingerprint density at radius 3 is 2.39 bits per heavy atom. The molecule has 0 N–H and O–H groups in total. The van der Waals surface area contributed by atoms with Gasteiger partial charge in [-0.25, -0.2) is 4.79 Å². The summed E-state index contributed by atoms with van der Waals surface area (Å²) < 4.78 is 4.67. The first-order chi connectivity index (χ1) is 8.72. The minimum Gasteiger partial charge on any atom is -0.465 e. The van der Waals surface area contributed by atoms with Crippen LogP contribution in [0.25, 0.3) is 11.1 Å². The van der Waals surface area contributed by atoms with Crippen molar-refractivity contribution in [3.05, 3.63) is 70.4 Å². The lowest BCUT2D eigenvalue weighted by molar-refractivity contribution is 0.0601. The van der Waals surface area contributed by atoms with E-state index < -0.39 is 5.97 Å². The second-order valence-electron chi connectivity index (χ2n) is 3.76. The number of methoxy groups -OCH3 is 1. The maximum atomic E-state index is 11.9. The number of hydrogen-bond acceptors (Lipinski definition) is 3. The van der Waals surface area contributed by atoms with Crippen LogP contribution in [-0.4, -0.2) is 13.1 Å². The molecule has 18 heavy (non-hydrogen) atoms. The second-order valence-corrected chi connectivity index (χ2v) is 3.76. The molecule has 0 aromatic heterocycles. The van der Waals surface area contributed by atoms with Crippen LogP contribution in [0.1, 0.15) is 10.4 Å².